The number of rotatable bonds is 3. The molecule has 1 aromatic heterocycles. The lowest BCUT2D eigenvalue weighted by Crippen LogP contribution is -2.42. The fourth-order valence-electron chi connectivity index (χ4n) is 1.01. The van der Waals surface area contributed by atoms with Gasteiger partial charge in [-0.15, -0.1) is 0 Å². The lowest BCUT2D eigenvalue weighted by atomic mass is 9.99. The molecule has 5 heteroatoms. The largest absolute Gasteiger partial charge is 0.394 e. The van der Waals surface area contributed by atoms with Crippen LogP contribution in [0.2, 0.25) is 0 Å². The third-order valence-electron chi connectivity index (χ3n) is 2.34. The van der Waals surface area contributed by atoms with Crippen LogP contribution in [0.1, 0.15) is 20.8 Å². The lowest BCUT2D eigenvalue weighted by molar-refractivity contribution is 0.133. The number of anilines is 2. The molecule has 0 spiro atoms. The second kappa shape index (κ2) is 3.49. The molecule has 5 nitrogen and oxygen atoms in total. The summed E-state index contributed by atoms with van der Waals surface area (Å²) in [6, 6.07) is 0. The number of aliphatic hydroxyl groups is 1. The van der Waals surface area contributed by atoms with Gasteiger partial charge in [0.1, 0.15) is 0 Å². The molecule has 80 valence electrons. The van der Waals surface area contributed by atoms with Crippen molar-refractivity contribution in [3.8, 4) is 0 Å². The van der Waals surface area contributed by atoms with Gasteiger partial charge in [0.05, 0.1) is 17.3 Å². The van der Waals surface area contributed by atoms with Gasteiger partial charge >= 0.3 is 0 Å². The first-order chi connectivity index (χ1) is 6.33. The number of aryl methyl sites for hydroxylation is 1. The monoisotopic (exact) mass is 198 g/mol. The molecule has 1 rings (SSSR count). The van der Waals surface area contributed by atoms with Crippen LogP contribution in [0.4, 0.5) is 11.5 Å². The summed E-state index contributed by atoms with van der Waals surface area (Å²) in [6.07, 6.45) is 1.24. The molecule has 0 bridgehead atoms. The highest BCUT2D eigenvalue weighted by atomic mass is 16.3. The Kier molecular flexibility index (Phi) is 2.71. The molecule has 1 aromatic rings. The van der Waals surface area contributed by atoms with Crippen molar-refractivity contribution in [2.75, 3.05) is 11.1 Å². The summed E-state index contributed by atoms with van der Waals surface area (Å²) in [5.41, 5.74) is 5.86. The highest BCUT2D eigenvalue weighted by molar-refractivity contribution is 5.61. The number of nitrogens with two attached hydrogens (primary N) is 1. The minimum absolute atomic E-state index is 0.442. The summed E-state index contributed by atoms with van der Waals surface area (Å²) < 4.78 is 1.63. The van der Waals surface area contributed by atoms with Crippen LogP contribution in [0.3, 0.4) is 0 Å². The van der Waals surface area contributed by atoms with Crippen LogP contribution in [-0.2, 0) is 7.05 Å². The van der Waals surface area contributed by atoms with Gasteiger partial charge in [0.25, 0.3) is 0 Å². The molecule has 0 aliphatic carbocycles. The number of hydrogen-bond donors (Lipinski definition) is 3. The van der Waals surface area contributed by atoms with Crippen LogP contribution >= 0.6 is 0 Å². The fourth-order valence-corrected chi connectivity index (χ4v) is 1.01. The second-order valence-corrected chi connectivity index (χ2v) is 4.13. The van der Waals surface area contributed by atoms with Crippen molar-refractivity contribution in [1.82, 2.24) is 9.78 Å². The van der Waals surface area contributed by atoms with E-state index in [4.69, 9.17) is 5.73 Å². The van der Waals surface area contributed by atoms with E-state index in [1.807, 2.05) is 13.8 Å². The van der Waals surface area contributed by atoms with E-state index in [0.717, 1.165) is 0 Å². The molecule has 0 aliphatic heterocycles. The van der Waals surface area contributed by atoms with E-state index >= 15 is 0 Å². The van der Waals surface area contributed by atoms with Crippen molar-refractivity contribution in [2.45, 2.75) is 32.4 Å². The highest BCUT2D eigenvalue weighted by Crippen LogP contribution is 2.21. The molecule has 0 amide bonds. The number of aliphatic hydroxyl groups excluding tert-OH is 1. The highest BCUT2D eigenvalue weighted by Gasteiger charge is 2.25. The van der Waals surface area contributed by atoms with Crippen LogP contribution in [0.5, 0.6) is 0 Å². The van der Waals surface area contributed by atoms with Gasteiger partial charge in [-0.1, -0.05) is 0 Å². The molecule has 0 fully saturated rings. The Balaban J connectivity index is 2.83. The van der Waals surface area contributed by atoms with Crippen molar-refractivity contribution in [2.24, 2.45) is 7.05 Å². The van der Waals surface area contributed by atoms with Gasteiger partial charge in [-0.3, -0.25) is 4.68 Å². The van der Waals surface area contributed by atoms with E-state index in [1.165, 1.54) is 0 Å². The van der Waals surface area contributed by atoms with E-state index in [1.54, 1.807) is 24.9 Å². The number of nitrogens with zero attached hydrogens (tertiary/aromatic N) is 2. The van der Waals surface area contributed by atoms with Crippen molar-refractivity contribution in [1.29, 1.82) is 0 Å². The molecule has 1 atom stereocenters. The summed E-state index contributed by atoms with van der Waals surface area (Å²) in [5.74, 6) is 0.610. The zero-order chi connectivity index (χ0) is 10.9. The molecule has 0 saturated carbocycles. The number of nitrogens with one attached hydrogen (secondary N) is 1. The molecule has 4 N–H and O–H groups in total. The Labute approximate surface area is 83.9 Å². The van der Waals surface area contributed by atoms with Gasteiger partial charge in [-0.05, 0) is 20.8 Å². The molecular formula is C9H18N4O. The Morgan fingerprint density at radius 2 is 2.21 bits per heavy atom. The zero-order valence-corrected chi connectivity index (χ0v) is 9.07. The third kappa shape index (κ3) is 2.17. The molecule has 0 aromatic carbocycles. The maximum Gasteiger partial charge on any atom is 0.171 e. The maximum atomic E-state index is 9.50. The van der Waals surface area contributed by atoms with Gasteiger partial charge < -0.3 is 16.2 Å². The Morgan fingerprint density at radius 3 is 2.57 bits per heavy atom. The summed E-state index contributed by atoms with van der Waals surface area (Å²) in [5, 5.41) is 16.7. The molecule has 1 heterocycles. The predicted octanol–water partition coefficient (Wildman–Crippen LogP) is 0.574. The minimum Gasteiger partial charge on any atom is -0.394 e. The molecule has 1 unspecified atom stereocenters. The molecule has 0 saturated heterocycles. The quantitative estimate of drug-likeness (QED) is 0.664. The van der Waals surface area contributed by atoms with Crippen LogP contribution < -0.4 is 11.1 Å². The topological polar surface area (TPSA) is 76.1 Å². The first-order valence-electron chi connectivity index (χ1n) is 4.58. The van der Waals surface area contributed by atoms with Crippen LogP contribution in [0.25, 0.3) is 0 Å². The number of aromatic nitrogens is 2. The van der Waals surface area contributed by atoms with Crippen molar-refractivity contribution < 1.29 is 5.11 Å². The van der Waals surface area contributed by atoms with Gasteiger partial charge in [0.15, 0.2) is 5.82 Å². The smallest absolute Gasteiger partial charge is 0.171 e. The van der Waals surface area contributed by atoms with Crippen LogP contribution in [-0.4, -0.2) is 26.5 Å². The first kappa shape index (κ1) is 10.8. The average molecular weight is 198 g/mol. The Bertz CT molecular complexity index is 317. The van der Waals surface area contributed by atoms with Crippen LogP contribution in [0, 0.1) is 0 Å². The van der Waals surface area contributed by atoms with E-state index in [9.17, 15) is 5.11 Å². The van der Waals surface area contributed by atoms with Crippen molar-refractivity contribution >= 4 is 11.5 Å². The molecule has 0 radical (unpaired) electrons. The Morgan fingerprint density at radius 1 is 1.64 bits per heavy atom. The van der Waals surface area contributed by atoms with Gasteiger partial charge in [0.2, 0.25) is 0 Å². The predicted molar refractivity (Wildman–Crippen MR) is 57.0 cm³/mol. The normalized spacial score (nSPS) is 14.1. The Hall–Kier alpha value is -1.23. The van der Waals surface area contributed by atoms with Gasteiger partial charge in [-0.2, -0.15) is 5.10 Å². The standard InChI is InChI=1S/C9H18N4O/c1-6(14)9(2,3)11-8-7(10)5-13(4)12-8/h5-6,14H,10H2,1-4H3,(H,11,12). The SMILES string of the molecule is CC(O)C(C)(C)Nc1nn(C)cc1N. The lowest BCUT2D eigenvalue weighted by Gasteiger charge is -2.29. The molecule has 14 heavy (non-hydrogen) atoms. The van der Waals surface area contributed by atoms with E-state index in [-0.39, 0.29) is 0 Å². The summed E-state index contributed by atoms with van der Waals surface area (Å²) >= 11 is 0. The van der Waals surface area contributed by atoms with Crippen molar-refractivity contribution in [3.63, 3.8) is 0 Å². The number of hydrogen-bond acceptors (Lipinski definition) is 4. The van der Waals surface area contributed by atoms with E-state index in [2.05, 4.69) is 10.4 Å². The van der Waals surface area contributed by atoms with Gasteiger partial charge in [0, 0.05) is 13.2 Å². The maximum absolute atomic E-state index is 9.50. The van der Waals surface area contributed by atoms with Crippen molar-refractivity contribution in [3.05, 3.63) is 6.20 Å². The van der Waals surface area contributed by atoms with Gasteiger partial charge in [-0.25, -0.2) is 0 Å². The van der Waals surface area contributed by atoms with E-state index < -0.39 is 11.6 Å². The summed E-state index contributed by atoms with van der Waals surface area (Å²) in [7, 11) is 1.80. The first-order valence-corrected chi connectivity index (χ1v) is 4.58. The number of nitrogen functional groups attached to an aromatic ring is 1. The molecular weight excluding hydrogens is 180 g/mol. The average Bonchev–Trinajstić information content (AvgIpc) is 2.29. The van der Waals surface area contributed by atoms with Crippen LogP contribution in [0.15, 0.2) is 6.20 Å². The zero-order valence-electron chi connectivity index (χ0n) is 9.07. The minimum atomic E-state index is -0.482. The second-order valence-electron chi connectivity index (χ2n) is 4.13. The van der Waals surface area contributed by atoms with E-state index in [0.29, 0.717) is 11.5 Å². The summed E-state index contributed by atoms with van der Waals surface area (Å²) in [4.78, 5) is 0. The molecule has 0 aliphatic rings. The third-order valence-corrected chi connectivity index (χ3v) is 2.34. The fraction of sp³-hybridized carbons (Fsp3) is 0.667. The summed E-state index contributed by atoms with van der Waals surface area (Å²) in [6.45, 7) is 5.52.